The van der Waals surface area contributed by atoms with Gasteiger partial charge in [-0.3, -0.25) is 10.1 Å². The second-order valence-corrected chi connectivity index (χ2v) is 7.81. The molecule has 1 amide bonds. The van der Waals surface area contributed by atoms with E-state index in [0.29, 0.717) is 15.0 Å². The van der Waals surface area contributed by atoms with Crippen LogP contribution in [0.25, 0.3) is 20.3 Å². The number of rotatable bonds is 4. The lowest BCUT2D eigenvalue weighted by Crippen LogP contribution is -2.20. The summed E-state index contributed by atoms with van der Waals surface area (Å²) in [7, 11) is 0. The van der Waals surface area contributed by atoms with Gasteiger partial charge in [0.25, 0.3) is 5.91 Å². The molecule has 4 rings (SSSR count). The van der Waals surface area contributed by atoms with Gasteiger partial charge in [-0.05, 0) is 18.2 Å². The number of amides is 1. The maximum absolute atomic E-state index is 12.2. The van der Waals surface area contributed by atoms with Gasteiger partial charge in [0.05, 0.1) is 15.2 Å². The third-order valence-corrected chi connectivity index (χ3v) is 6.20. The number of aromatic nitrogens is 1. The van der Waals surface area contributed by atoms with Gasteiger partial charge in [-0.25, -0.2) is 9.78 Å². The number of esters is 1. The van der Waals surface area contributed by atoms with Crippen LogP contribution in [0.1, 0.15) is 9.67 Å². The third-order valence-electron chi connectivity index (χ3n) is 3.59. The van der Waals surface area contributed by atoms with Gasteiger partial charge in [0.2, 0.25) is 0 Å². The lowest BCUT2D eigenvalue weighted by molar-refractivity contribution is -0.119. The van der Waals surface area contributed by atoms with Crippen molar-refractivity contribution in [3.63, 3.8) is 0 Å². The molecule has 0 bridgehead atoms. The molecule has 0 radical (unpaired) electrons. The van der Waals surface area contributed by atoms with E-state index in [1.165, 1.54) is 22.7 Å². The fraction of sp³-hybridized carbons (Fsp3) is 0.0556. The van der Waals surface area contributed by atoms with Crippen molar-refractivity contribution < 1.29 is 14.3 Å². The zero-order valence-corrected chi connectivity index (χ0v) is 15.6. The number of nitrogens with zero attached hydrogens (tertiary/aromatic N) is 1. The summed E-state index contributed by atoms with van der Waals surface area (Å²) in [6.45, 7) is -0.403. The molecule has 0 aliphatic rings. The first-order valence-electron chi connectivity index (χ1n) is 7.61. The number of halogens is 1. The number of carbonyl (C=O) groups is 2. The van der Waals surface area contributed by atoms with Crippen LogP contribution in [0, 0.1) is 0 Å². The van der Waals surface area contributed by atoms with E-state index in [0.717, 1.165) is 20.3 Å². The Kier molecular flexibility index (Phi) is 4.58. The first kappa shape index (κ1) is 17.0. The summed E-state index contributed by atoms with van der Waals surface area (Å²) < 4.78 is 6.96. The van der Waals surface area contributed by atoms with E-state index in [1.54, 1.807) is 0 Å². The number of nitrogens with one attached hydrogen (secondary N) is 1. The molecule has 0 saturated heterocycles. The van der Waals surface area contributed by atoms with Gasteiger partial charge in [-0.15, -0.1) is 11.3 Å². The molecule has 0 saturated carbocycles. The minimum Gasteiger partial charge on any atom is -0.451 e. The van der Waals surface area contributed by atoms with Crippen LogP contribution in [0.5, 0.6) is 0 Å². The molecule has 26 heavy (non-hydrogen) atoms. The van der Waals surface area contributed by atoms with Gasteiger partial charge in [0, 0.05) is 10.1 Å². The van der Waals surface area contributed by atoms with E-state index in [-0.39, 0.29) is 0 Å². The van der Waals surface area contributed by atoms with E-state index in [9.17, 15) is 9.59 Å². The van der Waals surface area contributed by atoms with E-state index in [2.05, 4.69) is 10.3 Å². The maximum Gasteiger partial charge on any atom is 0.350 e. The Morgan fingerprint density at radius 1 is 1.04 bits per heavy atom. The molecule has 2 heterocycles. The van der Waals surface area contributed by atoms with Crippen molar-refractivity contribution in [3.8, 4) is 0 Å². The van der Waals surface area contributed by atoms with E-state index in [1.807, 2.05) is 48.5 Å². The van der Waals surface area contributed by atoms with Crippen molar-refractivity contribution >= 4 is 71.6 Å². The number of hydrogen-bond donors (Lipinski definition) is 1. The highest BCUT2D eigenvalue weighted by Crippen LogP contribution is 2.35. The molecule has 8 heteroatoms. The third kappa shape index (κ3) is 3.29. The van der Waals surface area contributed by atoms with Crippen LogP contribution in [0.15, 0.2) is 48.5 Å². The van der Waals surface area contributed by atoms with Crippen LogP contribution >= 0.6 is 34.3 Å². The first-order chi connectivity index (χ1) is 12.6. The Hall–Kier alpha value is -2.48. The summed E-state index contributed by atoms with van der Waals surface area (Å²) in [5.74, 6) is -1.06. The van der Waals surface area contributed by atoms with Crippen LogP contribution in [-0.4, -0.2) is 23.5 Å². The van der Waals surface area contributed by atoms with E-state index >= 15 is 0 Å². The molecule has 130 valence electrons. The topological polar surface area (TPSA) is 68.3 Å². The number of benzene rings is 2. The van der Waals surface area contributed by atoms with Gasteiger partial charge in [0.15, 0.2) is 11.7 Å². The standard InChI is InChI=1S/C18H11ClN2O3S2/c19-15-10-5-1-3-7-12(10)25-16(15)17(23)24-9-14(22)21-18-20-11-6-2-4-8-13(11)26-18/h1-8H,9H2,(H,20,21,22). The molecule has 0 fully saturated rings. The van der Waals surface area contributed by atoms with E-state index < -0.39 is 18.5 Å². The molecular formula is C18H11ClN2O3S2. The number of thiophene rings is 1. The molecule has 0 atom stereocenters. The lowest BCUT2D eigenvalue weighted by Gasteiger charge is -2.03. The molecule has 0 aliphatic heterocycles. The SMILES string of the molecule is O=C(COC(=O)c1sc2ccccc2c1Cl)Nc1nc2ccccc2s1. The normalized spacial score (nSPS) is 11.0. The quantitative estimate of drug-likeness (QED) is 0.490. The number of para-hydroxylation sites is 1. The zero-order chi connectivity index (χ0) is 18.1. The monoisotopic (exact) mass is 402 g/mol. The summed E-state index contributed by atoms with van der Waals surface area (Å²) in [5, 5.41) is 4.25. The minimum absolute atomic E-state index is 0.292. The molecular weight excluding hydrogens is 392 g/mol. The number of thiazole rings is 1. The molecule has 0 spiro atoms. The van der Waals surface area contributed by atoms with Gasteiger partial charge in [0.1, 0.15) is 4.88 Å². The van der Waals surface area contributed by atoms with Crippen molar-refractivity contribution in [3.05, 3.63) is 58.4 Å². The Balaban J connectivity index is 1.41. The van der Waals surface area contributed by atoms with Crippen molar-refractivity contribution in [1.29, 1.82) is 0 Å². The zero-order valence-electron chi connectivity index (χ0n) is 13.2. The lowest BCUT2D eigenvalue weighted by atomic mass is 10.2. The Morgan fingerprint density at radius 2 is 1.77 bits per heavy atom. The van der Waals surface area contributed by atoms with Crippen LogP contribution in [-0.2, 0) is 9.53 Å². The second kappa shape index (κ2) is 7.03. The smallest absolute Gasteiger partial charge is 0.350 e. The van der Waals surface area contributed by atoms with Crippen LogP contribution in [0.3, 0.4) is 0 Å². The summed E-state index contributed by atoms with van der Waals surface area (Å²) in [4.78, 5) is 28.9. The Morgan fingerprint density at radius 3 is 2.54 bits per heavy atom. The highest BCUT2D eigenvalue weighted by Gasteiger charge is 2.19. The number of ether oxygens (including phenoxy) is 1. The summed E-state index contributed by atoms with van der Waals surface area (Å²) in [6.07, 6.45) is 0. The highest BCUT2D eigenvalue weighted by molar-refractivity contribution is 7.22. The molecule has 0 aliphatic carbocycles. The predicted molar refractivity (Wildman–Crippen MR) is 105 cm³/mol. The Bertz CT molecular complexity index is 1100. The number of fused-ring (bicyclic) bond motifs is 2. The van der Waals surface area contributed by atoms with Gasteiger partial charge in [-0.1, -0.05) is 53.3 Å². The number of hydrogen-bond acceptors (Lipinski definition) is 6. The molecule has 2 aromatic heterocycles. The van der Waals surface area contributed by atoms with Crippen LogP contribution in [0.2, 0.25) is 5.02 Å². The minimum atomic E-state index is -0.615. The largest absolute Gasteiger partial charge is 0.451 e. The van der Waals surface area contributed by atoms with Crippen molar-refractivity contribution in [2.24, 2.45) is 0 Å². The van der Waals surface area contributed by atoms with Crippen LogP contribution in [0.4, 0.5) is 5.13 Å². The van der Waals surface area contributed by atoms with Crippen molar-refractivity contribution in [2.45, 2.75) is 0 Å². The first-order valence-corrected chi connectivity index (χ1v) is 9.62. The van der Waals surface area contributed by atoms with Gasteiger partial charge < -0.3 is 4.74 Å². The van der Waals surface area contributed by atoms with Crippen molar-refractivity contribution in [1.82, 2.24) is 4.98 Å². The highest BCUT2D eigenvalue weighted by atomic mass is 35.5. The number of carbonyl (C=O) groups excluding carboxylic acids is 2. The van der Waals surface area contributed by atoms with Crippen LogP contribution < -0.4 is 5.32 Å². The average molecular weight is 403 g/mol. The molecule has 5 nitrogen and oxygen atoms in total. The Labute approximate surface area is 161 Å². The average Bonchev–Trinajstić information content (AvgIpc) is 3.20. The molecule has 2 aromatic carbocycles. The fourth-order valence-corrected chi connectivity index (χ4v) is 4.71. The van der Waals surface area contributed by atoms with E-state index in [4.69, 9.17) is 16.3 Å². The molecule has 0 unspecified atom stereocenters. The fourth-order valence-electron chi connectivity index (χ4n) is 2.42. The second-order valence-electron chi connectivity index (χ2n) is 5.35. The predicted octanol–water partition coefficient (Wildman–Crippen LogP) is 4.96. The summed E-state index contributed by atoms with van der Waals surface area (Å²) >= 11 is 8.84. The van der Waals surface area contributed by atoms with Crippen molar-refractivity contribution in [2.75, 3.05) is 11.9 Å². The molecule has 1 N–H and O–H groups in total. The van der Waals surface area contributed by atoms with Gasteiger partial charge in [-0.2, -0.15) is 0 Å². The van der Waals surface area contributed by atoms with Gasteiger partial charge >= 0.3 is 5.97 Å². The molecule has 4 aromatic rings. The summed E-state index contributed by atoms with van der Waals surface area (Å²) in [5.41, 5.74) is 0.807. The maximum atomic E-state index is 12.2. The number of anilines is 1. The summed E-state index contributed by atoms with van der Waals surface area (Å²) in [6, 6.07) is 15.0.